The first-order valence-electron chi connectivity index (χ1n) is 14.3. The molecule has 6 rings (SSSR count). The number of anilines is 2. The van der Waals surface area contributed by atoms with Crippen molar-refractivity contribution in [3.63, 3.8) is 0 Å². The molecule has 1 saturated heterocycles. The van der Waals surface area contributed by atoms with Gasteiger partial charge in [-0.1, -0.05) is 73.7 Å². The number of hydrogen-bond donors (Lipinski definition) is 2. The van der Waals surface area contributed by atoms with Gasteiger partial charge in [0, 0.05) is 31.0 Å². The van der Waals surface area contributed by atoms with Crippen LogP contribution < -0.4 is 10.6 Å². The lowest BCUT2D eigenvalue weighted by Gasteiger charge is -2.37. The van der Waals surface area contributed by atoms with E-state index in [9.17, 15) is 4.79 Å². The minimum Gasteiger partial charge on any atom is -0.379 e. The van der Waals surface area contributed by atoms with Gasteiger partial charge in [0.25, 0.3) is 5.91 Å². The number of amides is 1. The molecule has 6 heteroatoms. The number of nitrogens with one attached hydrogen (secondary N) is 2. The second kappa shape index (κ2) is 11.4. The van der Waals surface area contributed by atoms with E-state index in [-0.39, 0.29) is 18.1 Å². The highest BCUT2D eigenvalue weighted by Crippen LogP contribution is 2.52. The van der Waals surface area contributed by atoms with Gasteiger partial charge in [0.1, 0.15) is 11.7 Å². The third-order valence-electron chi connectivity index (χ3n) is 8.25. The number of hydrogen-bond acceptors (Lipinski definition) is 5. The van der Waals surface area contributed by atoms with Crippen LogP contribution in [0.5, 0.6) is 0 Å². The molecule has 2 N–H and O–H groups in total. The van der Waals surface area contributed by atoms with Crippen LogP contribution in [0.2, 0.25) is 0 Å². The average molecular weight is 536 g/mol. The van der Waals surface area contributed by atoms with E-state index in [1.807, 2.05) is 55.5 Å². The van der Waals surface area contributed by atoms with Crippen molar-refractivity contribution in [2.24, 2.45) is 0 Å². The Labute approximate surface area is 236 Å². The smallest absolute Gasteiger partial charge is 0.254 e. The SMILES string of the molecule is CCC1=C(C(=O)Nc2ccccc2C)C2C=CC1(C(Nc1ccccc1)c1ccc(CN3CCOCC3)cc1)O2. The lowest BCUT2D eigenvalue weighted by atomic mass is 9.77. The summed E-state index contributed by atoms with van der Waals surface area (Å²) < 4.78 is 12.3. The Hall–Kier alpha value is -3.71. The quantitative estimate of drug-likeness (QED) is 0.328. The molecule has 3 aliphatic heterocycles. The predicted molar refractivity (Wildman–Crippen MR) is 159 cm³/mol. The van der Waals surface area contributed by atoms with Gasteiger partial charge >= 0.3 is 0 Å². The molecule has 3 unspecified atom stereocenters. The molecule has 0 saturated carbocycles. The highest BCUT2D eigenvalue weighted by molar-refractivity contribution is 6.06. The van der Waals surface area contributed by atoms with Crippen molar-refractivity contribution >= 4 is 17.3 Å². The van der Waals surface area contributed by atoms with Crippen molar-refractivity contribution in [2.75, 3.05) is 36.9 Å². The van der Waals surface area contributed by atoms with E-state index < -0.39 is 5.60 Å². The van der Waals surface area contributed by atoms with Gasteiger partial charge in [0.05, 0.1) is 24.8 Å². The van der Waals surface area contributed by atoms with Gasteiger partial charge in [0.15, 0.2) is 0 Å². The summed E-state index contributed by atoms with van der Waals surface area (Å²) >= 11 is 0. The zero-order valence-electron chi connectivity index (χ0n) is 23.2. The van der Waals surface area contributed by atoms with Gasteiger partial charge in [-0.3, -0.25) is 9.69 Å². The normalized spacial score (nSPS) is 22.9. The summed E-state index contributed by atoms with van der Waals surface area (Å²) in [7, 11) is 0. The first-order valence-corrected chi connectivity index (χ1v) is 14.3. The van der Waals surface area contributed by atoms with Crippen molar-refractivity contribution in [1.29, 1.82) is 0 Å². The highest BCUT2D eigenvalue weighted by Gasteiger charge is 2.54. The fourth-order valence-electron chi connectivity index (χ4n) is 6.17. The maximum Gasteiger partial charge on any atom is 0.254 e. The Morgan fingerprint density at radius 2 is 1.73 bits per heavy atom. The summed E-state index contributed by atoms with van der Waals surface area (Å²) in [5.74, 6) is -0.0957. The standard InChI is InChI=1S/C34H37N3O3/c1-3-28-31(33(38)36-29-12-8-7-9-24(29)2)30-17-18-34(28,40-30)32(35-27-10-5-4-6-11-27)26-15-13-25(14-16-26)23-37-19-21-39-22-20-37/h4-18,30,32,35H,3,19-23H2,1-2H3,(H,36,38). The fourth-order valence-corrected chi connectivity index (χ4v) is 6.17. The minimum atomic E-state index is -0.764. The Morgan fingerprint density at radius 3 is 2.45 bits per heavy atom. The zero-order chi connectivity index (χ0) is 27.5. The van der Waals surface area contributed by atoms with E-state index in [0.717, 1.165) is 66.5 Å². The molecule has 206 valence electrons. The Kier molecular flexibility index (Phi) is 7.57. The molecule has 0 radical (unpaired) electrons. The lowest BCUT2D eigenvalue weighted by Crippen LogP contribution is -2.40. The average Bonchev–Trinajstić information content (AvgIpc) is 3.56. The van der Waals surface area contributed by atoms with Crippen molar-refractivity contribution in [1.82, 2.24) is 4.90 Å². The molecule has 3 aromatic carbocycles. The Balaban J connectivity index is 1.34. The molecule has 0 aliphatic carbocycles. The lowest BCUT2D eigenvalue weighted by molar-refractivity contribution is -0.113. The van der Waals surface area contributed by atoms with Crippen LogP contribution in [0.25, 0.3) is 0 Å². The molecule has 0 aromatic heterocycles. The van der Waals surface area contributed by atoms with Gasteiger partial charge in [-0.25, -0.2) is 0 Å². The van der Waals surface area contributed by atoms with Crippen LogP contribution in [0.3, 0.4) is 0 Å². The molecule has 3 heterocycles. The van der Waals surface area contributed by atoms with E-state index >= 15 is 0 Å². The van der Waals surface area contributed by atoms with E-state index in [0.29, 0.717) is 6.42 Å². The van der Waals surface area contributed by atoms with Gasteiger partial charge in [-0.05, 0) is 59.9 Å². The maximum absolute atomic E-state index is 13.7. The number of para-hydroxylation sites is 2. The number of carbonyl (C=O) groups is 1. The van der Waals surface area contributed by atoms with Crippen LogP contribution in [0.15, 0.2) is 102 Å². The third-order valence-corrected chi connectivity index (χ3v) is 8.25. The Bertz CT molecular complexity index is 1410. The Morgan fingerprint density at radius 1 is 1.00 bits per heavy atom. The van der Waals surface area contributed by atoms with E-state index in [4.69, 9.17) is 9.47 Å². The first-order chi connectivity index (χ1) is 19.6. The number of benzene rings is 3. The largest absolute Gasteiger partial charge is 0.379 e. The maximum atomic E-state index is 13.7. The molecular formula is C34H37N3O3. The summed E-state index contributed by atoms with van der Waals surface area (Å²) in [6.07, 6.45) is 4.53. The third kappa shape index (κ3) is 5.10. The molecule has 3 aliphatic rings. The predicted octanol–water partition coefficient (Wildman–Crippen LogP) is 6.03. The number of aryl methyl sites for hydroxylation is 1. The number of carbonyl (C=O) groups excluding carboxylic acids is 1. The fraction of sp³-hybridized carbons (Fsp3) is 0.324. The van der Waals surface area contributed by atoms with Crippen LogP contribution in [0.1, 0.15) is 36.1 Å². The van der Waals surface area contributed by atoms with Crippen molar-refractivity contribution in [2.45, 2.75) is 44.6 Å². The number of morpholine rings is 1. The van der Waals surface area contributed by atoms with Gasteiger partial charge < -0.3 is 20.1 Å². The van der Waals surface area contributed by atoms with Gasteiger partial charge in [-0.15, -0.1) is 0 Å². The summed E-state index contributed by atoms with van der Waals surface area (Å²) in [6.45, 7) is 8.53. The van der Waals surface area contributed by atoms with Crippen LogP contribution in [0.4, 0.5) is 11.4 Å². The first kappa shape index (κ1) is 26.5. The van der Waals surface area contributed by atoms with E-state index in [1.54, 1.807) is 0 Å². The van der Waals surface area contributed by atoms with Gasteiger partial charge in [-0.2, -0.15) is 0 Å². The molecule has 1 amide bonds. The number of rotatable bonds is 9. The molecule has 3 atom stereocenters. The summed E-state index contributed by atoms with van der Waals surface area (Å²) in [5, 5.41) is 6.92. The topological polar surface area (TPSA) is 62.8 Å². The van der Waals surface area contributed by atoms with Crippen molar-refractivity contribution in [3.05, 3.63) is 119 Å². The summed E-state index contributed by atoms with van der Waals surface area (Å²) in [4.78, 5) is 16.1. The second-order valence-electron chi connectivity index (χ2n) is 10.8. The minimum absolute atomic E-state index is 0.0957. The van der Waals surface area contributed by atoms with Gasteiger partial charge in [0.2, 0.25) is 0 Å². The summed E-state index contributed by atoms with van der Waals surface area (Å²) in [5.41, 5.74) is 6.24. The number of fused-ring (bicyclic) bond motifs is 2. The molecular weight excluding hydrogens is 498 g/mol. The highest BCUT2D eigenvalue weighted by atomic mass is 16.5. The monoisotopic (exact) mass is 535 g/mol. The summed E-state index contributed by atoms with van der Waals surface area (Å²) in [6, 6.07) is 26.7. The van der Waals surface area contributed by atoms with Crippen molar-refractivity contribution in [3.8, 4) is 0 Å². The number of ether oxygens (including phenoxy) is 2. The molecule has 6 nitrogen and oxygen atoms in total. The van der Waals surface area contributed by atoms with Crippen LogP contribution in [-0.4, -0.2) is 48.8 Å². The molecule has 2 bridgehead atoms. The molecule has 3 aromatic rings. The molecule has 40 heavy (non-hydrogen) atoms. The number of nitrogens with zero attached hydrogens (tertiary/aromatic N) is 1. The van der Waals surface area contributed by atoms with Crippen LogP contribution >= 0.6 is 0 Å². The second-order valence-corrected chi connectivity index (χ2v) is 10.8. The van der Waals surface area contributed by atoms with E-state index in [1.165, 1.54) is 5.56 Å². The van der Waals surface area contributed by atoms with Crippen LogP contribution in [0, 0.1) is 6.92 Å². The van der Waals surface area contributed by atoms with Crippen LogP contribution in [-0.2, 0) is 20.8 Å². The molecule has 0 spiro atoms. The molecule has 1 fully saturated rings. The van der Waals surface area contributed by atoms with Crippen molar-refractivity contribution < 1.29 is 14.3 Å². The zero-order valence-corrected chi connectivity index (χ0v) is 23.2. The van der Waals surface area contributed by atoms with E-state index in [2.05, 4.69) is 64.9 Å².